The molecule has 0 bridgehead atoms. The topological polar surface area (TPSA) is 64.5 Å². The highest BCUT2D eigenvalue weighted by Crippen LogP contribution is 2.21. The van der Waals surface area contributed by atoms with Crippen LogP contribution in [0.3, 0.4) is 0 Å². The van der Waals surface area contributed by atoms with Crippen LogP contribution in [0.4, 0.5) is 0 Å². The standard InChI is InChI=1S/C16H25N3O3/c1-16(2,3)13-5-6-14(18-17-13)22-10-12-7-8-19(9-12)15(20)11-21-4/h5-6,12H,7-11H2,1-4H3. The number of ether oxygens (including phenoxy) is 2. The van der Waals surface area contributed by atoms with Gasteiger partial charge in [-0.1, -0.05) is 20.8 Å². The highest BCUT2D eigenvalue weighted by atomic mass is 16.5. The Morgan fingerprint density at radius 3 is 2.73 bits per heavy atom. The minimum atomic E-state index is -0.0147. The van der Waals surface area contributed by atoms with Crippen LogP contribution in [0.1, 0.15) is 32.9 Å². The molecule has 1 fully saturated rings. The number of likely N-dealkylation sites (tertiary alicyclic amines) is 1. The minimum absolute atomic E-state index is 0.0147. The summed E-state index contributed by atoms with van der Waals surface area (Å²) in [5.41, 5.74) is 0.927. The smallest absolute Gasteiger partial charge is 0.248 e. The third-order valence-electron chi connectivity index (χ3n) is 3.78. The predicted molar refractivity (Wildman–Crippen MR) is 82.8 cm³/mol. The number of carbonyl (C=O) groups is 1. The van der Waals surface area contributed by atoms with Crippen molar-refractivity contribution < 1.29 is 14.3 Å². The maximum atomic E-state index is 11.7. The van der Waals surface area contributed by atoms with Crippen LogP contribution in [0, 0.1) is 5.92 Å². The molecular weight excluding hydrogens is 282 g/mol. The molecular formula is C16H25N3O3. The SMILES string of the molecule is COCC(=O)N1CCC(COc2ccc(C(C)(C)C)nn2)C1. The lowest BCUT2D eigenvalue weighted by Gasteiger charge is -2.17. The number of carbonyl (C=O) groups excluding carboxylic acids is 1. The molecule has 1 aliphatic rings. The van der Waals surface area contributed by atoms with Gasteiger partial charge in [0.2, 0.25) is 11.8 Å². The van der Waals surface area contributed by atoms with Gasteiger partial charge in [0.1, 0.15) is 6.61 Å². The average molecular weight is 307 g/mol. The molecule has 2 heterocycles. The summed E-state index contributed by atoms with van der Waals surface area (Å²) in [6.45, 7) is 8.49. The van der Waals surface area contributed by atoms with E-state index in [2.05, 4.69) is 31.0 Å². The minimum Gasteiger partial charge on any atom is -0.476 e. The maximum Gasteiger partial charge on any atom is 0.248 e. The van der Waals surface area contributed by atoms with E-state index in [1.807, 2.05) is 17.0 Å². The molecule has 6 nitrogen and oxygen atoms in total. The summed E-state index contributed by atoms with van der Waals surface area (Å²) in [4.78, 5) is 13.6. The molecule has 1 saturated heterocycles. The molecule has 0 saturated carbocycles. The molecule has 1 aliphatic heterocycles. The zero-order valence-electron chi connectivity index (χ0n) is 13.8. The lowest BCUT2D eigenvalue weighted by Crippen LogP contribution is -2.32. The van der Waals surface area contributed by atoms with E-state index in [4.69, 9.17) is 9.47 Å². The first-order chi connectivity index (χ1) is 10.4. The quantitative estimate of drug-likeness (QED) is 0.827. The van der Waals surface area contributed by atoms with Gasteiger partial charge in [0.25, 0.3) is 0 Å². The summed E-state index contributed by atoms with van der Waals surface area (Å²) in [5.74, 6) is 0.916. The highest BCUT2D eigenvalue weighted by molar-refractivity contribution is 5.77. The van der Waals surface area contributed by atoms with Crippen LogP contribution >= 0.6 is 0 Å². The van der Waals surface area contributed by atoms with Gasteiger partial charge in [-0.05, 0) is 12.5 Å². The highest BCUT2D eigenvalue weighted by Gasteiger charge is 2.26. The molecule has 0 radical (unpaired) electrons. The maximum absolute atomic E-state index is 11.7. The van der Waals surface area contributed by atoms with Crippen molar-refractivity contribution in [2.24, 2.45) is 5.92 Å². The van der Waals surface area contributed by atoms with Gasteiger partial charge in [-0.3, -0.25) is 4.79 Å². The molecule has 2 rings (SSSR count). The molecule has 1 atom stereocenters. The average Bonchev–Trinajstić information content (AvgIpc) is 2.94. The van der Waals surface area contributed by atoms with Gasteiger partial charge in [-0.25, -0.2) is 0 Å². The first-order valence-corrected chi connectivity index (χ1v) is 7.64. The number of aromatic nitrogens is 2. The first-order valence-electron chi connectivity index (χ1n) is 7.64. The molecule has 0 aliphatic carbocycles. The molecule has 6 heteroatoms. The van der Waals surface area contributed by atoms with E-state index in [0.29, 0.717) is 18.4 Å². The third kappa shape index (κ3) is 4.40. The molecule has 0 aromatic carbocycles. The van der Waals surface area contributed by atoms with Gasteiger partial charge in [-0.2, -0.15) is 5.10 Å². The van der Waals surface area contributed by atoms with Gasteiger partial charge < -0.3 is 14.4 Å². The van der Waals surface area contributed by atoms with Crippen LogP contribution < -0.4 is 4.74 Å². The number of hydrogen-bond acceptors (Lipinski definition) is 5. The van der Waals surface area contributed by atoms with Gasteiger partial charge in [0, 0.05) is 37.6 Å². The van der Waals surface area contributed by atoms with Crippen molar-refractivity contribution in [1.29, 1.82) is 0 Å². The van der Waals surface area contributed by atoms with Gasteiger partial charge in [-0.15, -0.1) is 5.10 Å². The van der Waals surface area contributed by atoms with E-state index in [0.717, 1.165) is 25.2 Å². The number of methoxy groups -OCH3 is 1. The van der Waals surface area contributed by atoms with Crippen LogP contribution in [0.15, 0.2) is 12.1 Å². The molecule has 1 unspecified atom stereocenters. The van der Waals surface area contributed by atoms with Crippen molar-refractivity contribution >= 4 is 5.91 Å². The molecule has 0 N–H and O–H groups in total. The number of amides is 1. The van der Waals surface area contributed by atoms with Crippen molar-refractivity contribution in [2.75, 3.05) is 33.4 Å². The van der Waals surface area contributed by atoms with E-state index in [9.17, 15) is 4.79 Å². The van der Waals surface area contributed by atoms with E-state index >= 15 is 0 Å². The first kappa shape index (κ1) is 16.7. The summed E-state index contributed by atoms with van der Waals surface area (Å²) < 4.78 is 10.6. The fourth-order valence-corrected chi connectivity index (χ4v) is 2.41. The lowest BCUT2D eigenvalue weighted by atomic mass is 9.92. The van der Waals surface area contributed by atoms with E-state index in [1.54, 1.807) is 0 Å². The van der Waals surface area contributed by atoms with Crippen molar-refractivity contribution in [1.82, 2.24) is 15.1 Å². The molecule has 22 heavy (non-hydrogen) atoms. The van der Waals surface area contributed by atoms with E-state index in [-0.39, 0.29) is 17.9 Å². The van der Waals surface area contributed by atoms with E-state index in [1.165, 1.54) is 7.11 Å². The zero-order chi connectivity index (χ0) is 16.2. The summed E-state index contributed by atoms with van der Waals surface area (Å²) >= 11 is 0. The molecule has 122 valence electrons. The second-order valence-electron chi connectivity index (χ2n) is 6.75. The molecule has 1 aromatic rings. The molecule has 0 spiro atoms. The van der Waals surface area contributed by atoms with Crippen molar-refractivity contribution in [3.63, 3.8) is 0 Å². The fraction of sp³-hybridized carbons (Fsp3) is 0.688. The Morgan fingerprint density at radius 1 is 1.36 bits per heavy atom. The second kappa shape index (κ2) is 7.05. The number of nitrogens with zero attached hydrogens (tertiary/aromatic N) is 3. The summed E-state index contributed by atoms with van der Waals surface area (Å²) in [7, 11) is 1.54. The zero-order valence-corrected chi connectivity index (χ0v) is 13.8. The van der Waals surface area contributed by atoms with Crippen LogP contribution in [0.25, 0.3) is 0 Å². The Morgan fingerprint density at radius 2 is 2.14 bits per heavy atom. The summed E-state index contributed by atoms with van der Waals surface area (Å²) in [6, 6.07) is 3.81. The van der Waals surface area contributed by atoms with Crippen molar-refractivity contribution in [3.05, 3.63) is 17.8 Å². The van der Waals surface area contributed by atoms with Crippen LogP contribution in [0.5, 0.6) is 5.88 Å². The Hall–Kier alpha value is -1.69. The summed E-state index contributed by atoms with van der Waals surface area (Å²) in [6.07, 6.45) is 0.947. The van der Waals surface area contributed by atoms with E-state index < -0.39 is 0 Å². The Bertz CT molecular complexity index is 496. The lowest BCUT2D eigenvalue weighted by molar-refractivity contribution is -0.134. The van der Waals surface area contributed by atoms with Gasteiger partial charge in [0.15, 0.2) is 0 Å². The Labute approximate surface area is 131 Å². The van der Waals surface area contributed by atoms with Crippen LogP contribution in [0.2, 0.25) is 0 Å². The summed E-state index contributed by atoms with van der Waals surface area (Å²) in [5, 5.41) is 8.32. The Balaban J connectivity index is 1.80. The third-order valence-corrected chi connectivity index (χ3v) is 3.78. The number of hydrogen-bond donors (Lipinski definition) is 0. The largest absolute Gasteiger partial charge is 0.476 e. The van der Waals surface area contributed by atoms with Crippen LogP contribution in [-0.4, -0.2) is 54.4 Å². The molecule has 1 amide bonds. The number of rotatable bonds is 5. The Kier molecular flexibility index (Phi) is 5.34. The molecule has 1 aromatic heterocycles. The van der Waals surface area contributed by atoms with Gasteiger partial charge in [0.05, 0.1) is 12.3 Å². The second-order valence-corrected chi connectivity index (χ2v) is 6.75. The fourth-order valence-electron chi connectivity index (χ4n) is 2.41. The monoisotopic (exact) mass is 307 g/mol. The normalized spacial score (nSPS) is 18.5. The van der Waals surface area contributed by atoms with Crippen molar-refractivity contribution in [3.8, 4) is 5.88 Å². The van der Waals surface area contributed by atoms with Crippen LogP contribution in [-0.2, 0) is 14.9 Å². The van der Waals surface area contributed by atoms with Gasteiger partial charge >= 0.3 is 0 Å². The predicted octanol–water partition coefficient (Wildman–Crippen LogP) is 1.65. The van der Waals surface area contributed by atoms with Crippen molar-refractivity contribution in [2.45, 2.75) is 32.6 Å².